The Kier molecular flexibility index (Phi) is 49.9. The zero-order valence-electron chi connectivity index (χ0n) is 53.2. The van der Waals surface area contributed by atoms with E-state index in [1.54, 1.807) is 0 Å². The molecule has 0 saturated heterocycles. The Hall–Kier alpha value is -5.83. The monoisotopic (exact) mass is 1210 g/mol. The molecule has 6 amide bonds. The van der Waals surface area contributed by atoms with E-state index >= 15 is 0 Å². The van der Waals surface area contributed by atoms with Crippen molar-refractivity contribution in [3.63, 3.8) is 0 Å². The van der Waals surface area contributed by atoms with E-state index in [1.165, 1.54) is 116 Å². The number of nitrogens with one attached hydrogen (secondary N) is 6. The minimum absolute atomic E-state index is 0.0545. The van der Waals surface area contributed by atoms with Gasteiger partial charge in [-0.25, -0.2) is 4.79 Å². The van der Waals surface area contributed by atoms with Crippen molar-refractivity contribution in [1.82, 2.24) is 31.9 Å². The zero-order valence-corrected chi connectivity index (χ0v) is 53.2. The minimum Gasteiger partial charge on any atom is -0.469 e. The number of unbranched alkanes of at least 4 members (excludes halogenated alkanes) is 25. The van der Waals surface area contributed by atoms with Gasteiger partial charge in [0, 0.05) is 45.1 Å². The van der Waals surface area contributed by atoms with E-state index in [1.807, 2.05) is 0 Å². The van der Waals surface area contributed by atoms with E-state index in [4.69, 9.17) is 18.9 Å². The Balaban J connectivity index is 6.24. The molecular weight excluding hydrogens is 1100 g/mol. The lowest BCUT2D eigenvalue weighted by atomic mass is 10.0. The number of rotatable bonds is 55. The Labute approximate surface area is 508 Å². The molecule has 6 N–H and O–H groups in total. The summed E-state index contributed by atoms with van der Waals surface area (Å²) < 4.78 is 23.8. The van der Waals surface area contributed by atoms with Gasteiger partial charge in [0.05, 0.1) is 35.5 Å². The molecule has 0 aliphatic carbocycles. The summed E-state index contributed by atoms with van der Waals surface area (Å²) in [6.07, 6.45) is 29.2. The van der Waals surface area contributed by atoms with Crippen LogP contribution in [0.2, 0.25) is 0 Å². The summed E-state index contributed by atoms with van der Waals surface area (Å²) >= 11 is 0. The number of hydrogen-bond acceptors (Lipinski definition) is 16. The van der Waals surface area contributed by atoms with Gasteiger partial charge in [0.2, 0.25) is 35.4 Å². The van der Waals surface area contributed by atoms with Crippen LogP contribution in [-0.4, -0.2) is 138 Å². The lowest BCUT2D eigenvalue weighted by molar-refractivity contribution is -0.147. The van der Waals surface area contributed by atoms with Gasteiger partial charge < -0.3 is 55.6 Å². The second kappa shape index (κ2) is 53.6. The predicted molar refractivity (Wildman–Crippen MR) is 324 cm³/mol. The third kappa shape index (κ3) is 43.4. The number of methoxy groups -OCH3 is 5. The first kappa shape index (κ1) is 79.2. The summed E-state index contributed by atoms with van der Waals surface area (Å²) in [6.45, 7) is 4.80. The third-order valence-electron chi connectivity index (χ3n) is 15.1. The molecule has 0 radical (unpaired) electrons. The summed E-state index contributed by atoms with van der Waals surface area (Å²) in [5.41, 5.74) is 0. The molecule has 0 rings (SSSR count). The first-order chi connectivity index (χ1) is 41.0. The second-order valence-electron chi connectivity index (χ2n) is 22.2. The fourth-order valence-electron chi connectivity index (χ4n) is 9.68. The molecule has 0 heterocycles. The van der Waals surface area contributed by atoms with E-state index in [0.717, 1.165) is 80.5 Å². The SMILES string of the molecule is CCCCCCCCCCCCCCCC(=O)NCCCCC(NC(=O)CCCCCCCCCCCCCCC)C(=O)NC(CCC(=O)OC)C(=O)NC(CCC(=O)OC)C(=O)NC(CCC(=O)OC)C(=O)NC(CCC(=O)OC)C(=O)OC. The predicted octanol–water partition coefficient (Wildman–Crippen LogP) is 8.65. The normalized spacial score (nSPS) is 12.7. The maximum absolute atomic E-state index is 14.3. The molecule has 22 nitrogen and oxygen atoms in total. The molecule has 0 aromatic rings. The van der Waals surface area contributed by atoms with Crippen LogP contribution in [0.3, 0.4) is 0 Å². The standard InChI is InChI=1S/C63H112N6O16/c1-8-10-12-14-16-18-20-22-24-26-28-30-32-37-53(70)64-47-35-34-36-48(65-54(71)38-33-31-29-27-25-23-21-19-17-15-13-11-9-2)59(76)66-49(39-43-55(72)81-3)60(77)67-50(40-44-56(73)82-4)61(78)68-51(41-45-57(74)83-5)62(79)69-52(63(80)85-7)42-46-58(75)84-6/h48-52H,8-47H2,1-7H3,(H,64,70)(H,65,71)(H,66,76)(H,67,77)(H,68,78)(H,69,79). The Bertz CT molecular complexity index is 1900. The highest BCUT2D eigenvalue weighted by atomic mass is 16.5. The molecule has 0 aliphatic rings. The minimum atomic E-state index is -1.61. The van der Waals surface area contributed by atoms with E-state index in [9.17, 15) is 52.7 Å². The van der Waals surface area contributed by atoms with E-state index in [0.29, 0.717) is 32.2 Å². The molecule has 5 unspecified atom stereocenters. The first-order valence-corrected chi connectivity index (χ1v) is 32.1. The van der Waals surface area contributed by atoms with Gasteiger partial charge in [-0.05, 0) is 57.8 Å². The van der Waals surface area contributed by atoms with Crippen LogP contribution in [0.25, 0.3) is 0 Å². The number of carbonyl (C=O) groups excluding carboxylic acids is 11. The van der Waals surface area contributed by atoms with Crippen LogP contribution < -0.4 is 31.9 Å². The highest BCUT2D eigenvalue weighted by molar-refractivity contribution is 5.96. The number of hydrogen-bond donors (Lipinski definition) is 6. The molecule has 0 aromatic heterocycles. The summed E-state index contributed by atoms with van der Waals surface area (Å²) in [5, 5.41) is 15.9. The molecule has 0 aromatic carbocycles. The molecule has 0 saturated carbocycles. The van der Waals surface area contributed by atoms with Crippen molar-refractivity contribution < 1.29 is 76.4 Å². The average Bonchev–Trinajstić information content (AvgIpc) is 3.56. The summed E-state index contributed by atoms with van der Waals surface area (Å²) in [7, 11) is 5.58. The van der Waals surface area contributed by atoms with Gasteiger partial charge in [-0.1, -0.05) is 168 Å². The van der Waals surface area contributed by atoms with Gasteiger partial charge in [-0.2, -0.15) is 0 Å². The molecule has 490 valence electrons. The molecule has 0 fully saturated rings. The van der Waals surface area contributed by atoms with Crippen LogP contribution in [0, 0.1) is 0 Å². The maximum Gasteiger partial charge on any atom is 0.328 e. The van der Waals surface area contributed by atoms with Crippen molar-refractivity contribution in [2.24, 2.45) is 0 Å². The van der Waals surface area contributed by atoms with Gasteiger partial charge in [-0.15, -0.1) is 0 Å². The van der Waals surface area contributed by atoms with Crippen LogP contribution in [0.4, 0.5) is 0 Å². The second-order valence-corrected chi connectivity index (χ2v) is 22.2. The Morgan fingerprint density at radius 3 is 0.847 bits per heavy atom. The fourth-order valence-corrected chi connectivity index (χ4v) is 9.68. The fraction of sp³-hybridized carbons (Fsp3) is 0.825. The van der Waals surface area contributed by atoms with Crippen molar-refractivity contribution in [1.29, 1.82) is 0 Å². The summed E-state index contributed by atoms with van der Waals surface area (Å²) in [4.78, 5) is 144. The van der Waals surface area contributed by atoms with Crippen LogP contribution in [0.1, 0.15) is 264 Å². The van der Waals surface area contributed by atoms with E-state index < -0.39 is 103 Å². The number of ether oxygens (including phenoxy) is 5. The van der Waals surface area contributed by atoms with E-state index in [2.05, 4.69) is 50.5 Å². The van der Waals surface area contributed by atoms with Crippen molar-refractivity contribution in [3.8, 4) is 0 Å². The van der Waals surface area contributed by atoms with Crippen LogP contribution >= 0.6 is 0 Å². The largest absolute Gasteiger partial charge is 0.469 e. The maximum atomic E-state index is 14.3. The Morgan fingerprint density at radius 2 is 0.541 bits per heavy atom. The summed E-state index contributed by atoms with van der Waals surface area (Å²) in [5.74, 6) is -8.00. The van der Waals surface area contributed by atoms with Crippen LogP contribution in [0.15, 0.2) is 0 Å². The lowest BCUT2D eigenvalue weighted by Gasteiger charge is -2.27. The molecule has 0 aliphatic heterocycles. The zero-order chi connectivity index (χ0) is 63.3. The lowest BCUT2D eigenvalue weighted by Crippen LogP contribution is -2.59. The molecule has 22 heteroatoms. The highest BCUT2D eigenvalue weighted by Crippen LogP contribution is 2.16. The first-order valence-electron chi connectivity index (χ1n) is 32.1. The van der Waals surface area contributed by atoms with Gasteiger partial charge in [0.25, 0.3) is 0 Å². The highest BCUT2D eigenvalue weighted by Gasteiger charge is 2.34. The Morgan fingerprint density at radius 1 is 0.271 bits per heavy atom. The van der Waals surface area contributed by atoms with Gasteiger partial charge in [-0.3, -0.25) is 47.9 Å². The molecule has 5 atom stereocenters. The van der Waals surface area contributed by atoms with Gasteiger partial charge in [0.15, 0.2) is 0 Å². The average molecular weight is 1210 g/mol. The van der Waals surface area contributed by atoms with Gasteiger partial charge >= 0.3 is 29.8 Å². The van der Waals surface area contributed by atoms with Crippen LogP contribution in [-0.2, 0) is 76.4 Å². The number of amides is 6. The van der Waals surface area contributed by atoms with Gasteiger partial charge in [0.1, 0.15) is 30.2 Å². The van der Waals surface area contributed by atoms with Crippen molar-refractivity contribution in [2.45, 2.75) is 294 Å². The molecule has 85 heavy (non-hydrogen) atoms. The summed E-state index contributed by atoms with van der Waals surface area (Å²) in [6, 6.07) is -7.22. The number of esters is 5. The quantitative estimate of drug-likeness (QED) is 0.0189. The van der Waals surface area contributed by atoms with Crippen molar-refractivity contribution in [3.05, 3.63) is 0 Å². The van der Waals surface area contributed by atoms with Crippen molar-refractivity contribution >= 4 is 65.3 Å². The van der Waals surface area contributed by atoms with Crippen molar-refractivity contribution in [2.75, 3.05) is 42.1 Å². The molecular formula is C63H112N6O16. The molecule has 0 bridgehead atoms. The number of carbonyl (C=O) groups is 11. The van der Waals surface area contributed by atoms with Crippen LogP contribution in [0.5, 0.6) is 0 Å². The topological polar surface area (TPSA) is 306 Å². The smallest absolute Gasteiger partial charge is 0.328 e. The van der Waals surface area contributed by atoms with E-state index in [-0.39, 0.29) is 56.8 Å². The third-order valence-corrected chi connectivity index (χ3v) is 15.1. The molecule has 0 spiro atoms.